The van der Waals surface area contributed by atoms with Crippen LogP contribution in [-0.4, -0.2) is 37.0 Å². The first-order valence-electron chi connectivity index (χ1n) is 8.47. The highest BCUT2D eigenvalue weighted by atomic mass is 16.5. The minimum Gasteiger partial charge on any atom is -0.469 e. The van der Waals surface area contributed by atoms with E-state index < -0.39 is 0 Å². The van der Waals surface area contributed by atoms with Crippen LogP contribution in [-0.2, 0) is 14.3 Å². The molecule has 0 aliphatic heterocycles. The largest absolute Gasteiger partial charge is 0.469 e. The number of esters is 1. The average Bonchev–Trinajstić information content (AvgIpc) is 2.53. The number of nitrogens with zero attached hydrogens (tertiary/aromatic N) is 1. The molecule has 122 valence electrons. The summed E-state index contributed by atoms with van der Waals surface area (Å²) < 4.78 is 4.65. The fourth-order valence-corrected chi connectivity index (χ4v) is 3.20. The van der Waals surface area contributed by atoms with Crippen LogP contribution < -0.4 is 0 Å². The first kappa shape index (κ1) is 18.0. The van der Waals surface area contributed by atoms with Crippen LogP contribution in [0.1, 0.15) is 65.2 Å². The standard InChI is InChI=1S/C17H31NO3/c1-4-6-7-14-8-10-15(11-9-14)17(20)18(5-2)13-12-16(19)21-3/h14-15H,4-13H2,1-3H3. The van der Waals surface area contributed by atoms with Gasteiger partial charge in [0.1, 0.15) is 0 Å². The predicted molar refractivity (Wildman–Crippen MR) is 83.9 cm³/mol. The topological polar surface area (TPSA) is 46.6 Å². The lowest BCUT2D eigenvalue weighted by Crippen LogP contribution is -2.39. The Morgan fingerprint density at radius 3 is 2.33 bits per heavy atom. The minimum atomic E-state index is -0.246. The van der Waals surface area contributed by atoms with E-state index in [1.165, 1.54) is 39.2 Å². The van der Waals surface area contributed by atoms with E-state index in [1.807, 2.05) is 11.8 Å². The van der Waals surface area contributed by atoms with Crippen molar-refractivity contribution in [1.82, 2.24) is 4.90 Å². The summed E-state index contributed by atoms with van der Waals surface area (Å²) in [5, 5.41) is 0. The Balaban J connectivity index is 2.38. The zero-order chi connectivity index (χ0) is 15.7. The van der Waals surface area contributed by atoms with E-state index in [9.17, 15) is 9.59 Å². The summed E-state index contributed by atoms with van der Waals surface area (Å²) in [6.07, 6.45) is 8.58. The molecule has 0 spiro atoms. The van der Waals surface area contributed by atoms with Gasteiger partial charge in [0, 0.05) is 19.0 Å². The van der Waals surface area contributed by atoms with Gasteiger partial charge in [0.2, 0.25) is 5.91 Å². The summed E-state index contributed by atoms with van der Waals surface area (Å²) >= 11 is 0. The zero-order valence-corrected chi connectivity index (χ0v) is 13.9. The molecule has 1 amide bonds. The number of hydrogen-bond donors (Lipinski definition) is 0. The summed E-state index contributed by atoms with van der Waals surface area (Å²) in [6, 6.07) is 0. The fraction of sp³-hybridized carbons (Fsp3) is 0.882. The van der Waals surface area contributed by atoms with Gasteiger partial charge in [0.05, 0.1) is 13.5 Å². The molecule has 21 heavy (non-hydrogen) atoms. The second-order valence-corrected chi connectivity index (χ2v) is 6.10. The lowest BCUT2D eigenvalue weighted by atomic mass is 9.79. The molecule has 0 unspecified atom stereocenters. The van der Waals surface area contributed by atoms with E-state index in [4.69, 9.17) is 0 Å². The smallest absolute Gasteiger partial charge is 0.307 e. The molecule has 0 radical (unpaired) electrons. The molecule has 4 nitrogen and oxygen atoms in total. The van der Waals surface area contributed by atoms with Crippen LogP contribution in [0.5, 0.6) is 0 Å². The van der Waals surface area contributed by atoms with Crippen LogP contribution in [0.15, 0.2) is 0 Å². The van der Waals surface area contributed by atoms with Crippen molar-refractivity contribution < 1.29 is 14.3 Å². The van der Waals surface area contributed by atoms with E-state index in [0.29, 0.717) is 19.5 Å². The van der Waals surface area contributed by atoms with Gasteiger partial charge in [-0.2, -0.15) is 0 Å². The van der Waals surface area contributed by atoms with Crippen molar-refractivity contribution in [2.75, 3.05) is 20.2 Å². The monoisotopic (exact) mass is 297 g/mol. The number of ether oxygens (including phenoxy) is 1. The normalized spacial score (nSPS) is 21.9. The van der Waals surface area contributed by atoms with Gasteiger partial charge in [0.25, 0.3) is 0 Å². The van der Waals surface area contributed by atoms with Gasteiger partial charge >= 0.3 is 5.97 Å². The van der Waals surface area contributed by atoms with Gasteiger partial charge in [-0.25, -0.2) is 0 Å². The SMILES string of the molecule is CCCCC1CCC(C(=O)N(CC)CCC(=O)OC)CC1. The number of amides is 1. The average molecular weight is 297 g/mol. The molecule has 0 heterocycles. The molecule has 4 heteroatoms. The van der Waals surface area contributed by atoms with E-state index >= 15 is 0 Å². The molecule has 0 atom stereocenters. The lowest BCUT2D eigenvalue weighted by molar-refractivity contribution is -0.142. The lowest BCUT2D eigenvalue weighted by Gasteiger charge is -2.31. The van der Waals surface area contributed by atoms with Crippen LogP contribution in [0.4, 0.5) is 0 Å². The molecule has 1 fully saturated rings. The summed E-state index contributed by atoms with van der Waals surface area (Å²) in [5.74, 6) is 0.972. The molecular weight excluding hydrogens is 266 g/mol. The highest BCUT2D eigenvalue weighted by Crippen LogP contribution is 2.32. The highest BCUT2D eigenvalue weighted by molar-refractivity contribution is 5.79. The van der Waals surface area contributed by atoms with Crippen molar-refractivity contribution in [2.24, 2.45) is 11.8 Å². The van der Waals surface area contributed by atoms with Crippen molar-refractivity contribution >= 4 is 11.9 Å². The predicted octanol–water partition coefficient (Wildman–Crippen LogP) is 3.39. The van der Waals surface area contributed by atoms with Gasteiger partial charge in [0.15, 0.2) is 0 Å². The second-order valence-electron chi connectivity index (χ2n) is 6.10. The maximum Gasteiger partial charge on any atom is 0.307 e. The third kappa shape index (κ3) is 6.06. The Kier molecular flexibility index (Phi) is 8.40. The van der Waals surface area contributed by atoms with Crippen molar-refractivity contribution in [3.63, 3.8) is 0 Å². The Morgan fingerprint density at radius 2 is 1.81 bits per heavy atom. The molecular formula is C17H31NO3. The quantitative estimate of drug-likeness (QED) is 0.645. The number of unbranched alkanes of at least 4 members (excludes halogenated alkanes) is 1. The Bertz CT molecular complexity index is 322. The van der Waals surface area contributed by atoms with Crippen molar-refractivity contribution in [3.05, 3.63) is 0 Å². The van der Waals surface area contributed by atoms with E-state index in [1.54, 1.807) is 0 Å². The van der Waals surface area contributed by atoms with E-state index in [0.717, 1.165) is 18.8 Å². The molecule has 0 aromatic heterocycles. The highest BCUT2D eigenvalue weighted by Gasteiger charge is 2.28. The Morgan fingerprint density at radius 1 is 1.14 bits per heavy atom. The van der Waals surface area contributed by atoms with Crippen LogP contribution in [0.2, 0.25) is 0 Å². The molecule has 0 aromatic rings. The number of rotatable bonds is 8. The third-order valence-electron chi connectivity index (χ3n) is 4.67. The number of hydrogen-bond acceptors (Lipinski definition) is 3. The summed E-state index contributed by atoms with van der Waals surface area (Å²) in [6.45, 7) is 5.36. The van der Waals surface area contributed by atoms with Gasteiger partial charge in [-0.05, 0) is 38.5 Å². The molecule has 0 saturated heterocycles. The molecule has 0 aromatic carbocycles. The van der Waals surface area contributed by atoms with Crippen LogP contribution in [0, 0.1) is 11.8 Å². The zero-order valence-electron chi connectivity index (χ0n) is 13.9. The Labute approximate surface area is 129 Å². The molecule has 0 bridgehead atoms. The number of carbonyl (C=O) groups is 2. The van der Waals surface area contributed by atoms with Gasteiger partial charge in [-0.15, -0.1) is 0 Å². The van der Waals surface area contributed by atoms with Crippen LogP contribution in [0.3, 0.4) is 0 Å². The van der Waals surface area contributed by atoms with E-state index in [2.05, 4.69) is 11.7 Å². The van der Waals surface area contributed by atoms with Gasteiger partial charge in [-0.1, -0.05) is 26.2 Å². The maximum atomic E-state index is 12.5. The summed E-state index contributed by atoms with van der Waals surface area (Å²) in [4.78, 5) is 25.6. The maximum absolute atomic E-state index is 12.5. The first-order chi connectivity index (χ1) is 10.1. The number of methoxy groups -OCH3 is 1. The molecule has 1 aliphatic rings. The molecule has 1 rings (SSSR count). The minimum absolute atomic E-state index is 0.167. The third-order valence-corrected chi connectivity index (χ3v) is 4.67. The van der Waals surface area contributed by atoms with Crippen molar-refractivity contribution in [1.29, 1.82) is 0 Å². The van der Waals surface area contributed by atoms with E-state index in [-0.39, 0.29) is 17.8 Å². The summed E-state index contributed by atoms with van der Waals surface area (Å²) in [5.41, 5.74) is 0. The number of carbonyl (C=O) groups excluding carboxylic acids is 2. The molecule has 0 N–H and O–H groups in total. The molecule has 1 aliphatic carbocycles. The van der Waals surface area contributed by atoms with Crippen LogP contribution >= 0.6 is 0 Å². The first-order valence-corrected chi connectivity index (χ1v) is 8.47. The van der Waals surface area contributed by atoms with Crippen molar-refractivity contribution in [2.45, 2.75) is 65.2 Å². The van der Waals surface area contributed by atoms with Crippen LogP contribution in [0.25, 0.3) is 0 Å². The van der Waals surface area contributed by atoms with Gasteiger partial charge < -0.3 is 9.64 Å². The second kappa shape index (κ2) is 9.80. The van der Waals surface area contributed by atoms with Gasteiger partial charge in [-0.3, -0.25) is 9.59 Å². The van der Waals surface area contributed by atoms with Crippen molar-refractivity contribution in [3.8, 4) is 0 Å². The molecule has 1 saturated carbocycles. The Hall–Kier alpha value is -1.06. The fourth-order valence-electron chi connectivity index (χ4n) is 3.20. The summed E-state index contributed by atoms with van der Waals surface area (Å²) in [7, 11) is 1.39.